The summed E-state index contributed by atoms with van der Waals surface area (Å²) in [6, 6.07) is 4.66. The third kappa shape index (κ3) is 2.59. The monoisotopic (exact) mass is 310 g/mol. The van der Waals surface area contributed by atoms with Crippen LogP contribution in [0.15, 0.2) is 29.0 Å². The van der Waals surface area contributed by atoms with E-state index in [-0.39, 0.29) is 5.82 Å². The fourth-order valence-corrected chi connectivity index (χ4v) is 1.97. The van der Waals surface area contributed by atoms with Crippen LogP contribution in [-0.2, 0) is 6.42 Å². The van der Waals surface area contributed by atoms with E-state index in [0.717, 1.165) is 17.7 Å². The largest absolute Gasteiger partial charge is 0.383 e. The van der Waals surface area contributed by atoms with E-state index < -0.39 is 0 Å². The molecule has 0 unspecified atom stereocenters. The van der Waals surface area contributed by atoms with Gasteiger partial charge in [-0.05, 0) is 40.5 Å². The molecule has 4 nitrogen and oxygen atoms in total. The summed E-state index contributed by atoms with van der Waals surface area (Å²) in [5.41, 5.74) is 7.36. The van der Waals surface area contributed by atoms with E-state index in [9.17, 15) is 4.39 Å². The van der Waals surface area contributed by atoms with Gasteiger partial charge in [0.1, 0.15) is 23.8 Å². The van der Waals surface area contributed by atoms with Crippen LogP contribution in [0, 0.1) is 5.82 Å². The second-order valence-electron chi connectivity index (χ2n) is 3.69. The SMILES string of the molecule is CCc1c(N)ncnc1Nc1ccc(F)c(Br)c1. The highest BCUT2D eigenvalue weighted by Crippen LogP contribution is 2.25. The van der Waals surface area contributed by atoms with Crippen LogP contribution in [0.4, 0.5) is 21.7 Å². The molecule has 6 heteroatoms. The molecule has 0 aliphatic carbocycles. The van der Waals surface area contributed by atoms with Crippen molar-refractivity contribution in [3.8, 4) is 0 Å². The van der Waals surface area contributed by atoms with Crippen molar-refractivity contribution in [3.63, 3.8) is 0 Å². The lowest BCUT2D eigenvalue weighted by Gasteiger charge is -2.11. The minimum Gasteiger partial charge on any atom is -0.383 e. The summed E-state index contributed by atoms with van der Waals surface area (Å²) < 4.78 is 13.5. The van der Waals surface area contributed by atoms with Crippen molar-refractivity contribution >= 4 is 33.3 Å². The number of anilines is 3. The number of nitrogens with one attached hydrogen (secondary N) is 1. The van der Waals surface area contributed by atoms with Crippen LogP contribution in [0.3, 0.4) is 0 Å². The van der Waals surface area contributed by atoms with Crippen molar-refractivity contribution in [2.75, 3.05) is 11.1 Å². The molecule has 1 aromatic heterocycles. The summed E-state index contributed by atoms with van der Waals surface area (Å²) >= 11 is 3.14. The zero-order valence-corrected chi connectivity index (χ0v) is 11.3. The highest BCUT2D eigenvalue weighted by Gasteiger charge is 2.08. The number of aromatic nitrogens is 2. The molecule has 2 rings (SSSR count). The van der Waals surface area contributed by atoms with Crippen LogP contribution >= 0.6 is 15.9 Å². The van der Waals surface area contributed by atoms with Crippen molar-refractivity contribution in [1.29, 1.82) is 0 Å². The number of benzene rings is 1. The summed E-state index contributed by atoms with van der Waals surface area (Å²) in [6.45, 7) is 1.97. The maximum absolute atomic E-state index is 13.1. The lowest BCUT2D eigenvalue weighted by Crippen LogP contribution is -2.04. The molecule has 94 valence electrons. The number of hydrogen-bond acceptors (Lipinski definition) is 4. The average Bonchev–Trinajstić information content (AvgIpc) is 2.34. The molecule has 0 aliphatic heterocycles. The predicted molar refractivity (Wildman–Crippen MR) is 73.2 cm³/mol. The topological polar surface area (TPSA) is 63.8 Å². The Hall–Kier alpha value is -1.69. The van der Waals surface area contributed by atoms with Crippen LogP contribution in [0.5, 0.6) is 0 Å². The van der Waals surface area contributed by atoms with E-state index in [0.29, 0.717) is 16.1 Å². The molecule has 0 saturated carbocycles. The molecule has 0 fully saturated rings. The Labute approximate surface area is 113 Å². The number of hydrogen-bond donors (Lipinski definition) is 2. The zero-order valence-electron chi connectivity index (χ0n) is 9.74. The Morgan fingerprint density at radius 3 is 2.83 bits per heavy atom. The van der Waals surface area contributed by atoms with Gasteiger partial charge in [-0.15, -0.1) is 0 Å². The van der Waals surface area contributed by atoms with Crippen molar-refractivity contribution in [1.82, 2.24) is 9.97 Å². The summed E-state index contributed by atoms with van der Waals surface area (Å²) in [4.78, 5) is 8.09. The predicted octanol–water partition coefficient (Wildman–Crippen LogP) is 3.27. The quantitative estimate of drug-likeness (QED) is 0.913. The molecule has 0 saturated heterocycles. The first-order valence-electron chi connectivity index (χ1n) is 5.43. The van der Waals surface area contributed by atoms with Gasteiger partial charge in [-0.1, -0.05) is 6.92 Å². The van der Waals surface area contributed by atoms with Crippen LogP contribution < -0.4 is 11.1 Å². The Balaban J connectivity index is 2.34. The van der Waals surface area contributed by atoms with Crippen molar-refractivity contribution in [2.45, 2.75) is 13.3 Å². The summed E-state index contributed by atoms with van der Waals surface area (Å²) in [6.07, 6.45) is 2.12. The lowest BCUT2D eigenvalue weighted by atomic mass is 10.2. The molecule has 0 radical (unpaired) electrons. The maximum atomic E-state index is 13.1. The Kier molecular flexibility index (Phi) is 3.76. The maximum Gasteiger partial charge on any atom is 0.139 e. The van der Waals surface area contributed by atoms with Crippen molar-refractivity contribution in [2.24, 2.45) is 0 Å². The van der Waals surface area contributed by atoms with Gasteiger partial charge >= 0.3 is 0 Å². The average molecular weight is 311 g/mol. The summed E-state index contributed by atoms with van der Waals surface area (Å²) in [7, 11) is 0. The first kappa shape index (κ1) is 12.8. The minimum absolute atomic E-state index is 0.307. The summed E-state index contributed by atoms with van der Waals surface area (Å²) in [5, 5.41) is 3.10. The fraction of sp³-hybridized carbons (Fsp3) is 0.167. The van der Waals surface area contributed by atoms with E-state index >= 15 is 0 Å². The third-order valence-corrected chi connectivity index (χ3v) is 3.12. The van der Waals surface area contributed by atoms with Gasteiger partial charge < -0.3 is 11.1 Å². The van der Waals surface area contributed by atoms with Gasteiger partial charge in [-0.2, -0.15) is 0 Å². The van der Waals surface area contributed by atoms with Crippen molar-refractivity contribution < 1.29 is 4.39 Å². The molecule has 1 aromatic carbocycles. The Bertz CT molecular complexity index is 574. The van der Waals surface area contributed by atoms with Gasteiger partial charge in [-0.3, -0.25) is 0 Å². The number of halogens is 2. The molecule has 1 heterocycles. The first-order valence-corrected chi connectivity index (χ1v) is 6.22. The molecular formula is C12H12BrFN4. The number of nitrogens with zero attached hydrogens (tertiary/aromatic N) is 2. The smallest absolute Gasteiger partial charge is 0.139 e. The fourth-order valence-electron chi connectivity index (χ4n) is 1.59. The van der Waals surface area contributed by atoms with Gasteiger partial charge in [0.15, 0.2) is 0 Å². The highest BCUT2D eigenvalue weighted by atomic mass is 79.9. The lowest BCUT2D eigenvalue weighted by molar-refractivity contribution is 0.621. The molecule has 0 spiro atoms. The molecule has 0 amide bonds. The molecule has 18 heavy (non-hydrogen) atoms. The van der Waals surface area contributed by atoms with Crippen LogP contribution in [0.25, 0.3) is 0 Å². The number of nitrogens with two attached hydrogens (primary N) is 1. The zero-order chi connectivity index (χ0) is 13.1. The molecule has 0 atom stereocenters. The van der Waals surface area contributed by atoms with Crippen LogP contribution in [0.1, 0.15) is 12.5 Å². The van der Waals surface area contributed by atoms with Crippen molar-refractivity contribution in [3.05, 3.63) is 40.4 Å². The van der Waals surface area contributed by atoms with Gasteiger partial charge in [0.25, 0.3) is 0 Å². The molecule has 0 bridgehead atoms. The highest BCUT2D eigenvalue weighted by molar-refractivity contribution is 9.10. The Morgan fingerprint density at radius 1 is 1.39 bits per heavy atom. The first-order chi connectivity index (χ1) is 8.61. The number of nitrogen functional groups attached to an aromatic ring is 1. The number of rotatable bonds is 3. The standard InChI is InChI=1S/C12H12BrFN4/c1-2-8-11(15)16-6-17-12(8)18-7-3-4-10(14)9(13)5-7/h3-6H,2H2,1H3,(H3,15,16,17,18). The van der Waals surface area contributed by atoms with Gasteiger partial charge in [-0.25, -0.2) is 14.4 Å². The Morgan fingerprint density at radius 2 is 2.17 bits per heavy atom. The second-order valence-corrected chi connectivity index (χ2v) is 4.55. The van der Waals surface area contributed by atoms with Crippen LogP contribution in [-0.4, -0.2) is 9.97 Å². The molecule has 2 aromatic rings. The third-order valence-electron chi connectivity index (χ3n) is 2.51. The van der Waals surface area contributed by atoms with E-state index in [1.165, 1.54) is 12.4 Å². The van der Waals surface area contributed by atoms with Gasteiger partial charge in [0.05, 0.1) is 4.47 Å². The molecule has 3 N–H and O–H groups in total. The summed E-state index contributed by atoms with van der Waals surface area (Å²) in [5.74, 6) is 0.790. The van der Waals surface area contributed by atoms with E-state index in [2.05, 4.69) is 31.2 Å². The van der Waals surface area contributed by atoms with E-state index in [1.54, 1.807) is 12.1 Å². The van der Waals surface area contributed by atoms with Gasteiger partial charge in [0, 0.05) is 11.3 Å². The van der Waals surface area contributed by atoms with Gasteiger partial charge in [0.2, 0.25) is 0 Å². The van der Waals surface area contributed by atoms with E-state index in [4.69, 9.17) is 5.73 Å². The minimum atomic E-state index is -0.307. The molecule has 0 aliphatic rings. The molecular weight excluding hydrogens is 299 g/mol. The van der Waals surface area contributed by atoms with E-state index in [1.807, 2.05) is 6.92 Å². The normalized spacial score (nSPS) is 10.4. The van der Waals surface area contributed by atoms with Crippen LogP contribution in [0.2, 0.25) is 0 Å². The second kappa shape index (κ2) is 5.30.